The third-order valence-corrected chi connectivity index (χ3v) is 3.20. The van der Waals surface area contributed by atoms with Crippen molar-refractivity contribution in [2.75, 3.05) is 0 Å². The number of benzene rings is 1. The molecule has 1 amide bonds. The van der Waals surface area contributed by atoms with E-state index in [0.29, 0.717) is 6.54 Å². The lowest BCUT2D eigenvalue weighted by Gasteiger charge is -2.10. The molecule has 0 aliphatic heterocycles. The van der Waals surface area contributed by atoms with Crippen LogP contribution in [-0.4, -0.2) is 11.9 Å². The van der Waals surface area contributed by atoms with E-state index < -0.39 is 0 Å². The summed E-state index contributed by atoms with van der Waals surface area (Å²) in [7, 11) is 0. The van der Waals surface area contributed by atoms with Crippen LogP contribution in [0.3, 0.4) is 0 Å². The van der Waals surface area contributed by atoms with Crippen LogP contribution in [0.2, 0.25) is 0 Å². The maximum atomic E-state index is 10.9. The molecule has 1 atom stereocenters. The quantitative estimate of drug-likeness (QED) is 0.796. The van der Waals surface area contributed by atoms with E-state index in [1.165, 1.54) is 36.0 Å². The van der Waals surface area contributed by atoms with E-state index in [1.54, 1.807) is 6.92 Å². The fourth-order valence-electron chi connectivity index (χ4n) is 2.11. The molecule has 1 aliphatic rings. The molecule has 3 nitrogen and oxygen atoms in total. The largest absolute Gasteiger partial charge is 0.368 e. The van der Waals surface area contributed by atoms with Crippen LogP contribution in [0.1, 0.15) is 30.0 Å². The zero-order valence-electron chi connectivity index (χ0n) is 9.62. The Hall–Kier alpha value is -1.35. The van der Waals surface area contributed by atoms with Crippen molar-refractivity contribution >= 4 is 5.91 Å². The fraction of sp³-hybridized carbons (Fsp3) is 0.462. The zero-order valence-corrected chi connectivity index (χ0v) is 9.62. The average molecular weight is 218 g/mol. The number of amides is 1. The van der Waals surface area contributed by atoms with E-state index in [2.05, 4.69) is 23.5 Å². The number of carbonyl (C=O) groups excluding carboxylic acids is 1. The molecule has 0 saturated carbocycles. The minimum absolute atomic E-state index is 0.270. The van der Waals surface area contributed by atoms with Gasteiger partial charge in [0.2, 0.25) is 5.91 Å². The molecule has 0 spiro atoms. The van der Waals surface area contributed by atoms with Crippen molar-refractivity contribution in [3.05, 3.63) is 34.9 Å². The third-order valence-electron chi connectivity index (χ3n) is 3.20. The van der Waals surface area contributed by atoms with Crippen molar-refractivity contribution in [1.82, 2.24) is 5.32 Å². The van der Waals surface area contributed by atoms with Crippen molar-refractivity contribution in [3.8, 4) is 0 Å². The zero-order chi connectivity index (χ0) is 11.5. The van der Waals surface area contributed by atoms with Gasteiger partial charge in [-0.25, -0.2) is 0 Å². The van der Waals surface area contributed by atoms with E-state index >= 15 is 0 Å². The van der Waals surface area contributed by atoms with Gasteiger partial charge in [0.25, 0.3) is 0 Å². The van der Waals surface area contributed by atoms with Gasteiger partial charge < -0.3 is 11.1 Å². The van der Waals surface area contributed by atoms with Crippen molar-refractivity contribution in [3.63, 3.8) is 0 Å². The van der Waals surface area contributed by atoms with Gasteiger partial charge in [0.1, 0.15) is 0 Å². The highest BCUT2D eigenvalue weighted by atomic mass is 16.1. The highest BCUT2D eigenvalue weighted by Crippen LogP contribution is 2.22. The smallest absolute Gasteiger partial charge is 0.234 e. The third kappa shape index (κ3) is 2.42. The van der Waals surface area contributed by atoms with Crippen LogP contribution in [0.4, 0.5) is 0 Å². The lowest BCUT2D eigenvalue weighted by Crippen LogP contribution is -2.38. The maximum absolute atomic E-state index is 10.9. The van der Waals surface area contributed by atoms with Crippen molar-refractivity contribution in [2.45, 2.75) is 38.8 Å². The summed E-state index contributed by atoms with van der Waals surface area (Å²) in [6.45, 7) is 2.49. The standard InChI is InChI=1S/C13H18N2O/c1-9(13(14)16)15-8-10-5-6-11-3-2-4-12(11)7-10/h5-7,9,15H,2-4,8H2,1H3,(H2,14,16). The number of primary amides is 1. The van der Waals surface area contributed by atoms with Crippen LogP contribution < -0.4 is 11.1 Å². The van der Waals surface area contributed by atoms with Gasteiger partial charge in [-0.2, -0.15) is 0 Å². The summed E-state index contributed by atoms with van der Waals surface area (Å²) in [5.74, 6) is -0.304. The van der Waals surface area contributed by atoms with Crippen LogP contribution in [0, 0.1) is 0 Å². The Morgan fingerprint density at radius 3 is 2.94 bits per heavy atom. The molecule has 1 unspecified atom stereocenters. The van der Waals surface area contributed by atoms with Gasteiger partial charge in [-0.3, -0.25) is 4.79 Å². The van der Waals surface area contributed by atoms with Gasteiger partial charge in [-0.15, -0.1) is 0 Å². The molecule has 1 aliphatic carbocycles. The molecule has 1 aromatic rings. The van der Waals surface area contributed by atoms with Gasteiger partial charge >= 0.3 is 0 Å². The van der Waals surface area contributed by atoms with Crippen LogP contribution in [0.25, 0.3) is 0 Å². The monoisotopic (exact) mass is 218 g/mol. The Morgan fingerprint density at radius 2 is 2.19 bits per heavy atom. The van der Waals surface area contributed by atoms with Crippen molar-refractivity contribution in [2.24, 2.45) is 5.73 Å². The number of carbonyl (C=O) groups is 1. The summed E-state index contributed by atoms with van der Waals surface area (Å²) in [4.78, 5) is 10.9. The molecule has 0 aromatic heterocycles. The number of hydrogen-bond acceptors (Lipinski definition) is 2. The fourth-order valence-corrected chi connectivity index (χ4v) is 2.11. The number of nitrogens with one attached hydrogen (secondary N) is 1. The van der Waals surface area contributed by atoms with E-state index in [9.17, 15) is 4.79 Å². The average Bonchev–Trinajstić information content (AvgIpc) is 2.72. The minimum atomic E-state index is -0.304. The Kier molecular flexibility index (Phi) is 3.25. The second kappa shape index (κ2) is 4.66. The lowest BCUT2D eigenvalue weighted by atomic mass is 10.1. The highest BCUT2D eigenvalue weighted by molar-refractivity contribution is 5.79. The Morgan fingerprint density at radius 1 is 1.44 bits per heavy atom. The maximum Gasteiger partial charge on any atom is 0.234 e. The molecule has 0 saturated heterocycles. The molecule has 0 fully saturated rings. The molecule has 1 aromatic carbocycles. The Bertz CT molecular complexity index is 401. The van der Waals surface area contributed by atoms with Gasteiger partial charge in [-0.05, 0) is 42.9 Å². The molecule has 0 bridgehead atoms. The number of aryl methyl sites for hydroxylation is 2. The van der Waals surface area contributed by atoms with E-state index in [-0.39, 0.29) is 11.9 Å². The van der Waals surface area contributed by atoms with Gasteiger partial charge in [0.15, 0.2) is 0 Å². The summed E-state index contributed by atoms with van der Waals surface area (Å²) in [5, 5.41) is 3.11. The second-order valence-electron chi connectivity index (χ2n) is 4.46. The first kappa shape index (κ1) is 11.1. The summed E-state index contributed by atoms with van der Waals surface area (Å²) >= 11 is 0. The van der Waals surface area contributed by atoms with Crippen molar-refractivity contribution in [1.29, 1.82) is 0 Å². The van der Waals surface area contributed by atoms with Crippen LogP contribution in [-0.2, 0) is 24.2 Å². The van der Waals surface area contributed by atoms with E-state index in [0.717, 1.165) is 0 Å². The summed E-state index contributed by atoms with van der Waals surface area (Å²) in [6, 6.07) is 6.30. The van der Waals surface area contributed by atoms with Crippen LogP contribution in [0.15, 0.2) is 18.2 Å². The number of rotatable bonds is 4. The Balaban J connectivity index is 1.98. The molecular formula is C13H18N2O. The van der Waals surface area contributed by atoms with Crippen LogP contribution >= 0.6 is 0 Å². The SMILES string of the molecule is CC(NCc1ccc2c(c1)CCC2)C(N)=O. The Labute approximate surface area is 96.0 Å². The molecule has 86 valence electrons. The van der Waals surface area contributed by atoms with Crippen molar-refractivity contribution < 1.29 is 4.79 Å². The summed E-state index contributed by atoms with van der Waals surface area (Å²) in [5.41, 5.74) is 9.36. The van der Waals surface area contributed by atoms with Crippen LogP contribution in [0.5, 0.6) is 0 Å². The predicted octanol–water partition coefficient (Wildman–Crippen LogP) is 1.14. The number of nitrogens with two attached hydrogens (primary N) is 1. The predicted molar refractivity (Wildman–Crippen MR) is 64.0 cm³/mol. The molecule has 2 rings (SSSR count). The molecule has 0 heterocycles. The van der Waals surface area contributed by atoms with E-state index in [4.69, 9.17) is 5.73 Å². The normalized spacial score (nSPS) is 15.8. The molecule has 16 heavy (non-hydrogen) atoms. The minimum Gasteiger partial charge on any atom is -0.368 e. The van der Waals surface area contributed by atoms with E-state index in [1.807, 2.05) is 0 Å². The highest BCUT2D eigenvalue weighted by Gasteiger charge is 2.11. The van der Waals surface area contributed by atoms with Gasteiger partial charge in [-0.1, -0.05) is 18.2 Å². The summed E-state index contributed by atoms with van der Waals surface area (Å²) < 4.78 is 0. The molecule has 3 N–H and O–H groups in total. The first-order valence-electron chi connectivity index (χ1n) is 5.80. The number of hydrogen-bond donors (Lipinski definition) is 2. The first-order chi connectivity index (χ1) is 7.66. The number of fused-ring (bicyclic) bond motifs is 1. The topological polar surface area (TPSA) is 55.1 Å². The first-order valence-corrected chi connectivity index (χ1v) is 5.80. The molecule has 0 radical (unpaired) electrons. The summed E-state index contributed by atoms with van der Waals surface area (Å²) in [6.07, 6.45) is 3.67. The van der Waals surface area contributed by atoms with Gasteiger partial charge in [0.05, 0.1) is 6.04 Å². The molecular weight excluding hydrogens is 200 g/mol. The lowest BCUT2D eigenvalue weighted by molar-refractivity contribution is -0.119. The second-order valence-corrected chi connectivity index (χ2v) is 4.46. The van der Waals surface area contributed by atoms with Gasteiger partial charge in [0, 0.05) is 6.54 Å². The molecule has 3 heteroatoms.